The first-order chi connectivity index (χ1) is 22.8. The average molecular weight is 595 g/mol. The third kappa shape index (κ3) is 5.42. The average Bonchev–Trinajstić information content (AvgIpc) is 3.13. The Bertz CT molecular complexity index is 2110. The molecular formula is C42H34N4+4. The van der Waals surface area contributed by atoms with E-state index < -0.39 is 0 Å². The predicted octanol–water partition coefficient (Wildman–Crippen LogP) is 6.89. The van der Waals surface area contributed by atoms with E-state index in [-0.39, 0.29) is 0 Å². The molecule has 218 valence electrons. The van der Waals surface area contributed by atoms with E-state index >= 15 is 0 Å². The van der Waals surface area contributed by atoms with E-state index in [1.54, 1.807) is 0 Å². The molecular weight excluding hydrogens is 560 g/mol. The molecule has 8 aromatic rings. The Kier molecular flexibility index (Phi) is 7.29. The molecule has 0 atom stereocenters. The van der Waals surface area contributed by atoms with Gasteiger partial charge in [0.15, 0.2) is 50.3 Å². The van der Waals surface area contributed by atoms with Gasteiger partial charge in [0.1, 0.15) is 10.8 Å². The molecule has 0 fully saturated rings. The Morgan fingerprint density at radius 3 is 1.15 bits per heavy atom. The Labute approximate surface area is 269 Å². The van der Waals surface area contributed by atoms with Crippen LogP contribution in [0.5, 0.6) is 0 Å². The lowest BCUT2D eigenvalue weighted by atomic mass is 10.1. The summed E-state index contributed by atoms with van der Waals surface area (Å²) in [6.45, 7) is 1.68. The van der Waals surface area contributed by atoms with Gasteiger partial charge in [0.05, 0.1) is 0 Å². The van der Waals surface area contributed by atoms with Crippen LogP contribution in [-0.2, 0) is 13.1 Å². The highest BCUT2D eigenvalue weighted by atomic mass is 15.0. The lowest BCUT2D eigenvalue weighted by molar-refractivity contribution is -0.662. The van der Waals surface area contributed by atoms with Gasteiger partial charge in [-0.2, -0.15) is 18.3 Å². The molecule has 46 heavy (non-hydrogen) atoms. The molecule has 0 amide bonds. The van der Waals surface area contributed by atoms with Crippen LogP contribution < -0.4 is 18.3 Å². The van der Waals surface area contributed by atoms with Crippen molar-refractivity contribution in [1.29, 1.82) is 0 Å². The maximum Gasteiger partial charge on any atom is 0.224 e. The van der Waals surface area contributed by atoms with Crippen LogP contribution in [0.1, 0.15) is 11.1 Å². The van der Waals surface area contributed by atoms with Gasteiger partial charge in [0, 0.05) is 71.8 Å². The molecule has 0 unspecified atom stereocenters. The van der Waals surface area contributed by atoms with Crippen molar-refractivity contribution in [3.05, 3.63) is 194 Å². The smallest absolute Gasteiger partial charge is 0.194 e. The fraction of sp³-hybridized carbons (Fsp3) is 0.0476. The van der Waals surface area contributed by atoms with Gasteiger partial charge in [0.2, 0.25) is 22.4 Å². The predicted molar refractivity (Wildman–Crippen MR) is 181 cm³/mol. The summed E-state index contributed by atoms with van der Waals surface area (Å²) in [5.74, 6) is 0. The normalized spacial score (nSPS) is 11.2. The monoisotopic (exact) mass is 594 g/mol. The van der Waals surface area contributed by atoms with Crippen LogP contribution in [0.3, 0.4) is 0 Å². The Morgan fingerprint density at radius 2 is 0.739 bits per heavy atom. The van der Waals surface area contributed by atoms with Crippen molar-refractivity contribution in [2.75, 3.05) is 0 Å². The summed E-state index contributed by atoms with van der Waals surface area (Å²) in [6.07, 6.45) is 13.0. The first-order valence-corrected chi connectivity index (χ1v) is 15.7. The highest BCUT2D eigenvalue weighted by molar-refractivity contribution is 5.83. The summed E-state index contributed by atoms with van der Waals surface area (Å²) in [5, 5.41) is 2.44. The fourth-order valence-corrected chi connectivity index (χ4v) is 6.42. The molecule has 0 N–H and O–H groups in total. The van der Waals surface area contributed by atoms with Crippen LogP contribution in [0.25, 0.3) is 44.3 Å². The molecule has 0 bridgehead atoms. The highest BCUT2D eigenvalue weighted by Crippen LogP contribution is 2.21. The molecule has 4 aromatic carbocycles. The number of hydrogen-bond donors (Lipinski definition) is 0. The largest absolute Gasteiger partial charge is 0.224 e. The minimum absolute atomic E-state index is 0.839. The van der Waals surface area contributed by atoms with E-state index in [1.807, 2.05) is 0 Å². The summed E-state index contributed by atoms with van der Waals surface area (Å²) >= 11 is 0. The molecule has 4 heteroatoms. The molecule has 0 spiro atoms. The van der Waals surface area contributed by atoms with E-state index in [9.17, 15) is 0 Å². The van der Waals surface area contributed by atoms with Gasteiger partial charge in [-0.15, -0.1) is 0 Å². The van der Waals surface area contributed by atoms with Crippen molar-refractivity contribution in [1.82, 2.24) is 0 Å². The highest BCUT2D eigenvalue weighted by Gasteiger charge is 2.19. The second-order valence-corrected chi connectivity index (χ2v) is 11.7. The second-order valence-electron chi connectivity index (χ2n) is 11.7. The Balaban J connectivity index is 1.07. The van der Waals surface area contributed by atoms with E-state index in [2.05, 4.69) is 201 Å². The van der Waals surface area contributed by atoms with Crippen LogP contribution in [0.4, 0.5) is 0 Å². The number of aromatic nitrogens is 4. The van der Waals surface area contributed by atoms with Crippen molar-refractivity contribution in [3.63, 3.8) is 0 Å². The summed E-state index contributed by atoms with van der Waals surface area (Å²) in [6, 6.07) is 51.8. The molecule has 4 nitrogen and oxygen atoms in total. The quantitative estimate of drug-likeness (QED) is 0.179. The third-order valence-electron chi connectivity index (χ3n) is 8.74. The maximum atomic E-state index is 2.32. The molecule has 4 aromatic heterocycles. The van der Waals surface area contributed by atoms with Crippen LogP contribution in [0.2, 0.25) is 0 Å². The molecule has 0 saturated carbocycles. The zero-order valence-corrected chi connectivity index (χ0v) is 25.5. The van der Waals surface area contributed by atoms with Crippen LogP contribution in [-0.4, -0.2) is 0 Å². The van der Waals surface area contributed by atoms with Crippen molar-refractivity contribution in [2.45, 2.75) is 13.1 Å². The number of rotatable bonds is 7. The van der Waals surface area contributed by atoms with Crippen LogP contribution >= 0.6 is 0 Å². The SMILES string of the molecule is c1ccc(C[n+]2cccc3c(-[n+]4ccc(-c5cc[n+](-c6cccc7c6ccc[n+]7Cc6ccccc6)cc5)cc4)cccc32)cc1. The number of nitrogens with zero attached hydrogens (tertiary/aromatic N) is 4. The van der Waals surface area contributed by atoms with Gasteiger partial charge in [0.25, 0.3) is 0 Å². The zero-order valence-electron chi connectivity index (χ0n) is 25.5. The Hall–Kier alpha value is -6.00. The van der Waals surface area contributed by atoms with E-state index in [0.717, 1.165) is 24.5 Å². The van der Waals surface area contributed by atoms with Crippen molar-refractivity contribution in [2.24, 2.45) is 0 Å². The molecule has 0 aliphatic carbocycles. The minimum atomic E-state index is 0.839. The maximum absolute atomic E-state index is 2.32. The van der Waals surface area contributed by atoms with Gasteiger partial charge in [-0.1, -0.05) is 60.7 Å². The third-order valence-corrected chi connectivity index (χ3v) is 8.74. The standard InChI is InChI=1S/C42H34N4/c1-3-11-33(12-4-1)31-45-25-9-15-37-39(17-7-19-41(37)45)43-27-21-35(22-28-43)36-23-29-44(30-24-36)40-18-8-20-42-38(40)16-10-26-46(42)32-34-13-5-2-6-14-34/h1-30H,31-32H2/q+4. The van der Waals surface area contributed by atoms with Gasteiger partial charge >= 0.3 is 0 Å². The summed E-state index contributed by atoms with van der Waals surface area (Å²) in [7, 11) is 0. The second kappa shape index (κ2) is 12.2. The number of hydrogen-bond acceptors (Lipinski definition) is 0. The van der Waals surface area contributed by atoms with Crippen molar-refractivity contribution in [3.8, 4) is 22.5 Å². The zero-order chi connectivity index (χ0) is 30.7. The number of fused-ring (bicyclic) bond motifs is 2. The van der Waals surface area contributed by atoms with Crippen molar-refractivity contribution >= 4 is 21.8 Å². The first kappa shape index (κ1) is 27.5. The van der Waals surface area contributed by atoms with Crippen LogP contribution in [0, 0.1) is 0 Å². The Morgan fingerprint density at radius 1 is 0.326 bits per heavy atom. The fourth-order valence-electron chi connectivity index (χ4n) is 6.42. The molecule has 0 aliphatic heterocycles. The lowest BCUT2D eigenvalue weighted by Gasteiger charge is -2.05. The molecule has 8 rings (SSSR count). The van der Waals surface area contributed by atoms with Crippen molar-refractivity contribution < 1.29 is 18.3 Å². The summed E-state index contributed by atoms with van der Waals surface area (Å²) < 4.78 is 9.06. The molecule has 0 saturated heterocycles. The van der Waals surface area contributed by atoms with Gasteiger partial charge in [-0.05, 0) is 35.4 Å². The topological polar surface area (TPSA) is 15.5 Å². The summed E-state index contributed by atoms with van der Waals surface area (Å²) in [4.78, 5) is 0. The van der Waals surface area contributed by atoms with Gasteiger partial charge in [-0.25, -0.2) is 0 Å². The van der Waals surface area contributed by atoms with E-state index in [4.69, 9.17) is 0 Å². The number of benzene rings is 4. The first-order valence-electron chi connectivity index (χ1n) is 15.7. The summed E-state index contributed by atoms with van der Waals surface area (Å²) in [5.41, 5.74) is 9.70. The van der Waals surface area contributed by atoms with Gasteiger partial charge < -0.3 is 0 Å². The van der Waals surface area contributed by atoms with E-state index in [0.29, 0.717) is 0 Å². The van der Waals surface area contributed by atoms with Crippen LogP contribution in [0.15, 0.2) is 183 Å². The van der Waals surface area contributed by atoms with E-state index in [1.165, 1.54) is 44.1 Å². The van der Waals surface area contributed by atoms with Gasteiger partial charge in [-0.3, -0.25) is 0 Å². The molecule has 0 radical (unpaired) electrons. The molecule has 4 heterocycles. The minimum Gasteiger partial charge on any atom is -0.194 e. The lowest BCUT2D eigenvalue weighted by Crippen LogP contribution is -2.36. The number of pyridine rings is 4. The molecule has 0 aliphatic rings.